The Kier molecular flexibility index (Phi) is 6.18. The Balaban J connectivity index is 1.73. The van der Waals surface area contributed by atoms with Crippen LogP contribution in [0.2, 0.25) is 0 Å². The van der Waals surface area contributed by atoms with Crippen LogP contribution in [0.25, 0.3) is 22.1 Å². The Bertz CT molecular complexity index is 1300. The molecule has 0 bridgehead atoms. The molecule has 0 unspecified atom stereocenters. The molecule has 0 fully saturated rings. The van der Waals surface area contributed by atoms with Crippen LogP contribution in [0.1, 0.15) is 27.8 Å². The molecule has 4 rings (SSSR count). The van der Waals surface area contributed by atoms with Crippen molar-refractivity contribution in [2.24, 2.45) is 5.73 Å². The van der Waals surface area contributed by atoms with E-state index in [4.69, 9.17) is 10.5 Å². The van der Waals surface area contributed by atoms with Gasteiger partial charge in [-0.25, -0.2) is 15.0 Å². The number of pyridine rings is 1. The van der Waals surface area contributed by atoms with Crippen LogP contribution in [0.4, 0.5) is 0 Å². The topological polar surface area (TPSA) is 131 Å². The number of aromatic nitrogens is 4. The molecular weight excluding hydrogens is 424 g/mol. The molecule has 4 aromatic rings. The van der Waals surface area contributed by atoms with Crippen molar-refractivity contribution in [3.63, 3.8) is 0 Å². The van der Waals surface area contributed by atoms with Gasteiger partial charge in [0.2, 0.25) is 0 Å². The third-order valence-electron chi connectivity index (χ3n) is 4.63. The van der Waals surface area contributed by atoms with Crippen molar-refractivity contribution in [1.82, 2.24) is 19.9 Å². The summed E-state index contributed by atoms with van der Waals surface area (Å²) in [6.07, 6.45) is 4.04. The lowest BCUT2D eigenvalue weighted by Crippen LogP contribution is -2.12. The molecule has 0 aliphatic rings. The maximum absolute atomic E-state index is 9.88. The molecule has 0 aliphatic heterocycles. The molecule has 0 aliphatic carbocycles. The molecular formula is C23H20N6O2S. The zero-order valence-electron chi connectivity index (χ0n) is 17.5. The summed E-state index contributed by atoms with van der Waals surface area (Å²) in [5.74, 6) is 1.40. The first-order chi connectivity index (χ1) is 15.5. The lowest BCUT2D eigenvalue weighted by Gasteiger charge is -2.13. The SMILES string of the molecule is Cc1cc(Oc2cc(C#N)ccc2-c2ncc([C@H](O)CN)cn2)cc(-c2ncc(C)s2)n1. The van der Waals surface area contributed by atoms with Crippen molar-refractivity contribution < 1.29 is 9.84 Å². The Morgan fingerprint density at radius 2 is 1.91 bits per heavy atom. The smallest absolute Gasteiger partial charge is 0.162 e. The van der Waals surface area contributed by atoms with E-state index in [1.54, 1.807) is 29.5 Å². The number of nitriles is 1. The van der Waals surface area contributed by atoms with E-state index in [-0.39, 0.29) is 6.54 Å². The van der Waals surface area contributed by atoms with Crippen molar-refractivity contribution in [2.75, 3.05) is 6.54 Å². The molecule has 9 heteroatoms. The van der Waals surface area contributed by atoms with E-state index in [0.717, 1.165) is 15.6 Å². The van der Waals surface area contributed by atoms with Crippen molar-refractivity contribution in [3.8, 4) is 39.7 Å². The van der Waals surface area contributed by atoms with E-state index in [9.17, 15) is 10.4 Å². The minimum atomic E-state index is -0.826. The van der Waals surface area contributed by atoms with Gasteiger partial charge in [0.1, 0.15) is 22.2 Å². The highest BCUT2D eigenvalue weighted by Crippen LogP contribution is 2.34. The highest BCUT2D eigenvalue weighted by atomic mass is 32.1. The van der Waals surface area contributed by atoms with Crippen LogP contribution in [-0.2, 0) is 0 Å². The molecule has 32 heavy (non-hydrogen) atoms. The number of rotatable bonds is 6. The van der Waals surface area contributed by atoms with Gasteiger partial charge >= 0.3 is 0 Å². The van der Waals surface area contributed by atoms with Crippen LogP contribution in [0, 0.1) is 25.2 Å². The van der Waals surface area contributed by atoms with Crippen molar-refractivity contribution in [1.29, 1.82) is 5.26 Å². The van der Waals surface area contributed by atoms with Crippen molar-refractivity contribution in [3.05, 3.63) is 70.6 Å². The Morgan fingerprint density at radius 1 is 1.12 bits per heavy atom. The number of aliphatic hydroxyl groups is 1. The molecule has 0 radical (unpaired) electrons. The molecule has 1 atom stereocenters. The largest absolute Gasteiger partial charge is 0.456 e. The van der Waals surface area contributed by atoms with Gasteiger partial charge in [-0.3, -0.25) is 4.98 Å². The predicted octanol–water partition coefficient (Wildman–Crippen LogP) is 3.94. The second-order valence-electron chi connectivity index (χ2n) is 7.12. The third-order valence-corrected chi connectivity index (χ3v) is 5.56. The van der Waals surface area contributed by atoms with Crippen molar-refractivity contribution in [2.45, 2.75) is 20.0 Å². The van der Waals surface area contributed by atoms with E-state index in [1.807, 2.05) is 32.2 Å². The molecule has 3 N–H and O–H groups in total. The normalized spacial score (nSPS) is 11.7. The molecule has 3 heterocycles. The number of aliphatic hydroxyl groups excluding tert-OH is 1. The molecule has 0 saturated heterocycles. The summed E-state index contributed by atoms with van der Waals surface area (Å²) in [6, 6.07) is 10.8. The van der Waals surface area contributed by atoms with Crippen molar-refractivity contribution >= 4 is 11.3 Å². The third kappa shape index (κ3) is 4.63. The number of hydrogen-bond acceptors (Lipinski definition) is 9. The van der Waals surface area contributed by atoms with Crippen LogP contribution in [-0.4, -0.2) is 31.6 Å². The quantitative estimate of drug-likeness (QED) is 0.457. The first-order valence-corrected chi connectivity index (χ1v) is 10.6. The number of aryl methyl sites for hydroxylation is 2. The molecule has 0 spiro atoms. The number of nitrogens with two attached hydrogens (primary N) is 1. The molecule has 8 nitrogen and oxygen atoms in total. The van der Waals surface area contributed by atoms with Gasteiger partial charge in [-0.1, -0.05) is 0 Å². The van der Waals surface area contributed by atoms with Crippen LogP contribution < -0.4 is 10.5 Å². The summed E-state index contributed by atoms with van der Waals surface area (Å²) in [5.41, 5.74) is 8.57. The average Bonchev–Trinajstić information content (AvgIpc) is 3.24. The zero-order valence-corrected chi connectivity index (χ0v) is 18.3. The van der Waals surface area contributed by atoms with E-state index in [1.165, 1.54) is 12.4 Å². The highest BCUT2D eigenvalue weighted by molar-refractivity contribution is 7.14. The van der Waals surface area contributed by atoms with Crippen LogP contribution in [0.3, 0.4) is 0 Å². The average molecular weight is 445 g/mol. The van der Waals surface area contributed by atoms with Gasteiger partial charge in [0, 0.05) is 53.4 Å². The summed E-state index contributed by atoms with van der Waals surface area (Å²) < 4.78 is 6.19. The number of nitrogens with zero attached hydrogens (tertiary/aromatic N) is 5. The van der Waals surface area contributed by atoms with Gasteiger partial charge in [0.05, 0.1) is 23.3 Å². The highest BCUT2D eigenvalue weighted by Gasteiger charge is 2.15. The number of thiazole rings is 1. The standard InChI is InChI=1S/C23H20N6O2S/c1-13-5-17(7-19(29-13)23-28-10-14(2)32-23)31-21-6-15(8-24)3-4-18(21)22-26-11-16(12-27-22)20(30)9-25/h3-7,10-12,20,30H,9,25H2,1-2H3/t20-/m1/s1. The summed E-state index contributed by atoms with van der Waals surface area (Å²) in [7, 11) is 0. The Morgan fingerprint density at radius 3 is 2.56 bits per heavy atom. The maximum Gasteiger partial charge on any atom is 0.162 e. The number of benzene rings is 1. The summed E-state index contributed by atoms with van der Waals surface area (Å²) in [4.78, 5) is 18.8. The molecule has 0 saturated carbocycles. The van der Waals surface area contributed by atoms with Crippen LogP contribution >= 0.6 is 11.3 Å². The minimum absolute atomic E-state index is 0.0796. The zero-order chi connectivity index (χ0) is 22.7. The second kappa shape index (κ2) is 9.20. The van der Waals surface area contributed by atoms with E-state index in [2.05, 4.69) is 26.0 Å². The molecule has 0 amide bonds. The number of hydrogen-bond donors (Lipinski definition) is 2. The lowest BCUT2D eigenvalue weighted by atomic mass is 10.1. The first kappa shape index (κ1) is 21.5. The Labute approximate surface area is 189 Å². The van der Waals surface area contributed by atoms with Gasteiger partial charge in [-0.05, 0) is 32.0 Å². The van der Waals surface area contributed by atoms with Gasteiger partial charge < -0.3 is 15.6 Å². The monoisotopic (exact) mass is 444 g/mol. The molecule has 3 aromatic heterocycles. The summed E-state index contributed by atoms with van der Waals surface area (Å²) in [5, 5.41) is 20.0. The Hall–Kier alpha value is -3.71. The second-order valence-corrected chi connectivity index (χ2v) is 8.36. The fourth-order valence-corrected chi connectivity index (χ4v) is 3.78. The van der Waals surface area contributed by atoms with E-state index in [0.29, 0.717) is 39.7 Å². The van der Waals surface area contributed by atoms with Gasteiger partial charge in [-0.15, -0.1) is 11.3 Å². The fourth-order valence-electron chi connectivity index (χ4n) is 3.05. The summed E-state index contributed by atoms with van der Waals surface area (Å²) >= 11 is 1.55. The van der Waals surface area contributed by atoms with Gasteiger partial charge in [-0.2, -0.15) is 5.26 Å². The van der Waals surface area contributed by atoms with Gasteiger partial charge in [0.25, 0.3) is 0 Å². The molecule has 1 aromatic carbocycles. The fraction of sp³-hybridized carbons (Fsp3) is 0.174. The van der Waals surface area contributed by atoms with Gasteiger partial charge in [0.15, 0.2) is 5.82 Å². The predicted molar refractivity (Wildman–Crippen MR) is 121 cm³/mol. The van der Waals surface area contributed by atoms with E-state index >= 15 is 0 Å². The first-order valence-electron chi connectivity index (χ1n) is 9.80. The number of ether oxygens (including phenoxy) is 1. The molecule has 160 valence electrons. The van der Waals surface area contributed by atoms with Crippen LogP contribution in [0.15, 0.2) is 48.9 Å². The maximum atomic E-state index is 9.88. The van der Waals surface area contributed by atoms with E-state index < -0.39 is 6.10 Å². The van der Waals surface area contributed by atoms with Crippen LogP contribution in [0.5, 0.6) is 11.5 Å². The summed E-state index contributed by atoms with van der Waals surface area (Å²) in [6.45, 7) is 3.95. The minimum Gasteiger partial charge on any atom is -0.456 e. The lowest BCUT2D eigenvalue weighted by molar-refractivity contribution is 0.186.